The molecule has 5 nitrogen and oxygen atoms in total. The molecule has 1 aromatic heterocycles. The molecular weight excluding hydrogens is 262 g/mol. The van der Waals surface area contributed by atoms with E-state index < -0.39 is 0 Å². The minimum absolute atomic E-state index is 0.110. The van der Waals surface area contributed by atoms with Crippen molar-refractivity contribution in [2.24, 2.45) is 0 Å². The van der Waals surface area contributed by atoms with Gasteiger partial charge in [0.05, 0.1) is 0 Å². The molecule has 0 bridgehead atoms. The zero-order chi connectivity index (χ0) is 13.8. The van der Waals surface area contributed by atoms with E-state index in [2.05, 4.69) is 10.2 Å². The number of carbonyl (C=O) groups excluding carboxylic acids is 1. The van der Waals surface area contributed by atoms with Crippen molar-refractivity contribution in [1.29, 1.82) is 0 Å². The van der Waals surface area contributed by atoms with Crippen LogP contribution in [0.15, 0.2) is 33.9 Å². The first kappa shape index (κ1) is 13.6. The molecule has 2 rings (SSSR count). The Labute approximate surface area is 116 Å². The fourth-order valence-electron chi connectivity index (χ4n) is 1.35. The fourth-order valence-corrected chi connectivity index (χ4v) is 1.98. The van der Waals surface area contributed by atoms with Crippen LogP contribution < -0.4 is 0 Å². The smallest absolute Gasteiger partial charge is 0.290 e. The van der Waals surface area contributed by atoms with Gasteiger partial charge in [-0.05, 0) is 26.0 Å². The zero-order valence-corrected chi connectivity index (χ0v) is 11.9. The fraction of sp³-hybridized carbons (Fsp3) is 0.308. The number of carbonyl (C=O) groups is 1. The molecule has 2 aromatic rings. The molecule has 0 saturated heterocycles. The Morgan fingerprint density at radius 3 is 2.63 bits per heavy atom. The zero-order valence-electron chi connectivity index (χ0n) is 11.1. The maximum Gasteiger partial charge on any atom is 0.290 e. The van der Waals surface area contributed by atoms with Crippen LogP contribution in [0.3, 0.4) is 0 Å². The van der Waals surface area contributed by atoms with Crippen molar-refractivity contribution < 1.29 is 9.21 Å². The third kappa shape index (κ3) is 3.35. The number of benzene rings is 1. The molecule has 0 aliphatic rings. The molecule has 1 aromatic carbocycles. The number of nitrogens with zero attached hydrogens (tertiary/aromatic N) is 3. The van der Waals surface area contributed by atoms with Gasteiger partial charge in [-0.1, -0.05) is 17.7 Å². The van der Waals surface area contributed by atoms with Gasteiger partial charge < -0.3 is 9.32 Å². The Kier molecular flexibility index (Phi) is 4.21. The molecular formula is C13H15N3O2S. The molecule has 0 radical (unpaired) electrons. The molecule has 0 atom stereocenters. The van der Waals surface area contributed by atoms with Crippen molar-refractivity contribution in [3.8, 4) is 11.5 Å². The minimum Gasteiger partial charge on any atom is -0.411 e. The lowest BCUT2D eigenvalue weighted by Crippen LogP contribution is -2.21. The highest BCUT2D eigenvalue weighted by molar-refractivity contribution is 8.13. The Balaban J connectivity index is 2.11. The van der Waals surface area contributed by atoms with Crippen LogP contribution in [0, 0.1) is 6.92 Å². The van der Waals surface area contributed by atoms with Gasteiger partial charge in [-0.2, -0.15) is 0 Å². The van der Waals surface area contributed by atoms with Crippen LogP contribution in [-0.2, 0) is 0 Å². The van der Waals surface area contributed by atoms with Gasteiger partial charge in [-0.25, -0.2) is 0 Å². The van der Waals surface area contributed by atoms with Gasteiger partial charge in [0.15, 0.2) is 0 Å². The van der Waals surface area contributed by atoms with E-state index in [1.54, 1.807) is 11.9 Å². The quantitative estimate of drug-likeness (QED) is 0.806. The molecule has 6 heteroatoms. The predicted octanol–water partition coefficient (Wildman–Crippen LogP) is 3.21. The van der Waals surface area contributed by atoms with E-state index >= 15 is 0 Å². The summed E-state index contributed by atoms with van der Waals surface area (Å²) in [5.41, 5.74) is 2.01. The van der Waals surface area contributed by atoms with Crippen LogP contribution >= 0.6 is 11.8 Å². The number of hydrogen-bond donors (Lipinski definition) is 0. The number of thioether (sulfide) groups is 1. The van der Waals surface area contributed by atoms with E-state index in [1.165, 1.54) is 0 Å². The number of rotatable bonds is 3. The normalized spacial score (nSPS) is 10.5. The summed E-state index contributed by atoms with van der Waals surface area (Å²) in [7, 11) is 1.73. The first-order valence-electron chi connectivity index (χ1n) is 5.93. The molecule has 0 aliphatic carbocycles. The lowest BCUT2D eigenvalue weighted by atomic mass is 10.1. The van der Waals surface area contributed by atoms with E-state index in [0.717, 1.165) is 22.9 Å². The van der Waals surface area contributed by atoms with Crippen molar-refractivity contribution in [2.75, 3.05) is 13.6 Å². The molecule has 0 fully saturated rings. The molecule has 0 spiro atoms. The topological polar surface area (TPSA) is 59.2 Å². The highest BCUT2D eigenvalue weighted by atomic mass is 32.2. The molecule has 0 unspecified atom stereocenters. The Hall–Kier alpha value is -1.82. The molecule has 1 amide bonds. The molecule has 19 heavy (non-hydrogen) atoms. The van der Waals surface area contributed by atoms with Crippen LogP contribution in [0.5, 0.6) is 0 Å². The van der Waals surface area contributed by atoms with Crippen LogP contribution in [0.25, 0.3) is 11.5 Å². The summed E-state index contributed by atoms with van der Waals surface area (Å²) < 4.78 is 5.47. The van der Waals surface area contributed by atoms with E-state index in [1.807, 2.05) is 38.1 Å². The van der Waals surface area contributed by atoms with Crippen LogP contribution in [0.4, 0.5) is 4.79 Å². The summed E-state index contributed by atoms with van der Waals surface area (Å²) in [6.45, 7) is 4.56. The van der Waals surface area contributed by atoms with Gasteiger partial charge in [-0.3, -0.25) is 4.79 Å². The molecule has 0 N–H and O–H groups in total. The average molecular weight is 277 g/mol. The lowest BCUT2D eigenvalue weighted by molar-refractivity contribution is 0.235. The SMILES string of the molecule is CCN(C)C(=O)Sc1nnc(-c2ccc(C)cc2)o1. The third-order valence-corrected chi connectivity index (χ3v) is 3.49. The second kappa shape index (κ2) is 5.88. The summed E-state index contributed by atoms with van der Waals surface area (Å²) >= 11 is 0.942. The lowest BCUT2D eigenvalue weighted by Gasteiger charge is -2.11. The first-order chi connectivity index (χ1) is 9.10. The van der Waals surface area contributed by atoms with Gasteiger partial charge >= 0.3 is 0 Å². The van der Waals surface area contributed by atoms with Gasteiger partial charge in [0.2, 0.25) is 5.89 Å². The molecule has 1 heterocycles. The highest BCUT2D eigenvalue weighted by Gasteiger charge is 2.15. The van der Waals surface area contributed by atoms with Gasteiger partial charge in [0.25, 0.3) is 10.5 Å². The van der Waals surface area contributed by atoms with Gasteiger partial charge in [-0.15, -0.1) is 10.2 Å². The van der Waals surface area contributed by atoms with Crippen LogP contribution in [0.2, 0.25) is 0 Å². The average Bonchev–Trinajstić information content (AvgIpc) is 2.87. The van der Waals surface area contributed by atoms with Crippen molar-refractivity contribution >= 4 is 17.0 Å². The summed E-state index contributed by atoms with van der Waals surface area (Å²) in [5.74, 6) is 0.425. The van der Waals surface area contributed by atoms with E-state index in [4.69, 9.17) is 4.42 Å². The highest BCUT2D eigenvalue weighted by Crippen LogP contribution is 2.24. The number of aromatic nitrogens is 2. The number of aryl methyl sites for hydroxylation is 1. The first-order valence-corrected chi connectivity index (χ1v) is 6.75. The van der Waals surface area contributed by atoms with Crippen molar-refractivity contribution in [3.05, 3.63) is 29.8 Å². The number of amides is 1. The summed E-state index contributed by atoms with van der Waals surface area (Å²) in [6, 6.07) is 7.78. The Morgan fingerprint density at radius 1 is 1.32 bits per heavy atom. The van der Waals surface area contributed by atoms with Crippen molar-refractivity contribution in [1.82, 2.24) is 15.1 Å². The predicted molar refractivity (Wildman–Crippen MR) is 74.0 cm³/mol. The second-order valence-corrected chi connectivity index (χ2v) is 5.02. The van der Waals surface area contributed by atoms with Crippen LogP contribution in [0.1, 0.15) is 12.5 Å². The molecule has 0 aliphatic heterocycles. The summed E-state index contributed by atoms with van der Waals surface area (Å²) in [4.78, 5) is 13.3. The van der Waals surface area contributed by atoms with Crippen LogP contribution in [-0.4, -0.2) is 33.9 Å². The summed E-state index contributed by atoms with van der Waals surface area (Å²) in [6.07, 6.45) is 0. The maximum absolute atomic E-state index is 11.7. The maximum atomic E-state index is 11.7. The molecule has 0 saturated carbocycles. The van der Waals surface area contributed by atoms with E-state index in [-0.39, 0.29) is 10.5 Å². The Morgan fingerprint density at radius 2 is 2.00 bits per heavy atom. The minimum atomic E-state index is -0.110. The second-order valence-electron chi connectivity index (χ2n) is 4.12. The number of hydrogen-bond acceptors (Lipinski definition) is 5. The van der Waals surface area contributed by atoms with E-state index in [0.29, 0.717) is 12.4 Å². The van der Waals surface area contributed by atoms with E-state index in [9.17, 15) is 4.79 Å². The van der Waals surface area contributed by atoms with Crippen molar-refractivity contribution in [3.63, 3.8) is 0 Å². The van der Waals surface area contributed by atoms with Gasteiger partial charge in [0.1, 0.15) is 0 Å². The molecule has 100 valence electrons. The summed E-state index contributed by atoms with van der Waals surface area (Å²) in [5, 5.41) is 7.97. The standard InChI is InChI=1S/C13H15N3O2S/c1-4-16(3)13(17)19-12-15-14-11(18-12)10-7-5-9(2)6-8-10/h5-8H,4H2,1-3H3. The largest absolute Gasteiger partial charge is 0.411 e. The Bertz CT molecular complexity index is 566. The third-order valence-electron chi connectivity index (χ3n) is 2.67. The monoisotopic (exact) mass is 277 g/mol. The van der Waals surface area contributed by atoms with Crippen molar-refractivity contribution in [2.45, 2.75) is 19.1 Å². The van der Waals surface area contributed by atoms with Gasteiger partial charge in [0, 0.05) is 30.9 Å².